The van der Waals surface area contributed by atoms with Crippen molar-refractivity contribution in [3.8, 4) is 0 Å². The maximum Gasteiger partial charge on any atom is 0.226 e. The van der Waals surface area contributed by atoms with E-state index in [1.165, 1.54) is 11.8 Å². The van der Waals surface area contributed by atoms with Gasteiger partial charge in [-0.05, 0) is 24.3 Å². The van der Waals surface area contributed by atoms with Gasteiger partial charge < -0.3 is 9.73 Å². The van der Waals surface area contributed by atoms with E-state index in [-0.39, 0.29) is 0 Å². The normalized spacial score (nSPS) is 10.9. The van der Waals surface area contributed by atoms with E-state index in [4.69, 9.17) is 4.42 Å². The molecule has 0 saturated carbocycles. The van der Waals surface area contributed by atoms with Crippen LogP contribution in [0.25, 0.3) is 10.9 Å². The number of thioether (sulfide) groups is 1. The molecule has 0 aliphatic rings. The molecule has 1 N–H and O–H groups in total. The Kier molecular flexibility index (Phi) is 4.30. The second-order valence-corrected chi connectivity index (χ2v) is 6.31. The molecule has 4 rings (SSSR count). The van der Waals surface area contributed by atoms with Gasteiger partial charge in [0.2, 0.25) is 11.8 Å². The van der Waals surface area contributed by atoms with Crippen LogP contribution in [0, 0.1) is 6.92 Å². The highest BCUT2D eigenvalue weighted by Crippen LogP contribution is 2.28. The van der Waals surface area contributed by atoms with Crippen LogP contribution in [0.5, 0.6) is 0 Å². The molecule has 4 aromatic rings. The van der Waals surface area contributed by atoms with Gasteiger partial charge in [-0.15, -0.1) is 10.2 Å². The third-order valence-electron chi connectivity index (χ3n) is 3.51. The van der Waals surface area contributed by atoms with E-state index in [0.29, 0.717) is 22.7 Å². The Morgan fingerprint density at radius 2 is 1.76 bits per heavy atom. The Labute approximate surface area is 148 Å². The first-order chi connectivity index (χ1) is 12.3. The number of rotatable bonds is 5. The Balaban J connectivity index is 1.65. The molecular formula is C18H15N5OS. The summed E-state index contributed by atoms with van der Waals surface area (Å²) in [6, 6.07) is 17.9. The summed E-state index contributed by atoms with van der Waals surface area (Å²) in [6.45, 7) is 1.77. The number of aryl methyl sites for hydroxylation is 1. The maximum atomic E-state index is 5.40. The highest BCUT2D eigenvalue weighted by molar-refractivity contribution is 7.98. The van der Waals surface area contributed by atoms with E-state index in [0.717, 1.165) is 22.4 Å². The average Bonchev–Trinajstić information content (AvgIpc) is 3.06. The molecule has 0 aliphatic heterocycles. The molecule has 2 aromatic heterocycles. The van der Waals surface area contributed by atoms with Gasteiger partial charge in [-0.1, -0.05) is 42.1 Å². The first kappa shape index (κ1) is 15.6. The summed E-state index contributed by atoms with van der Waals surface area (Å²) in [5.74, 6) is 2.43. The van der Waals surface area contributed by atoms with Crippen molar-refractivity contribution in [3.63, 3.8) is 0 Å². The molecule has 0 unspecified atom stereocenters. The molecule has 0 spiro atoms. The lowest BCUT2D eigenvalue weighted by Crippen LogP contribution is -1.98. The maximum absolute atomic E-state index is 5.40. The van der Waals surface area contributed by atoms with Crippen molar-refractivity contribution < 1.29 is 4.42 Å². The molecular weight excluding hydrogens is 334 g/mol. The Morgan fingerprint density at radius 1 is 0.960 bits per heavy atom. The zero-order valence-electron chi connectivity index (χ0n) is 13.5. The van der Waals surface area contributed by atoms with E-state index in [9.17, 15) is 0 Å². The summed E-state index contributed by atoms with van der Waals surface area (Å²) >= 11 is 1.47. The number of hydrogen-bond donors (Lipinski definition) is 1. The molecule has 0 atom stereocenters. The van der Waals surface area contributed by atoms with Crippen molar-refractivity contribution in [2.24, 2.45) is 0 Å². The zero-order chi connectivity index (χ0) is 17.1. The predicted molar refractivity (Wildman–Crippen MR) is 97.9 cm³/mol. The number of nitrogens with zero attached hydrogens (tertiary/aromatic N) is 4. The van der Waals surface area contributed by atoms with Crippen LogP contribution in [-0.2, 0) is 5.75 Å². The summed E-state index contributed by atoms with van der Waals surface area (Å²) in [5.41, 5.74) is 1.87. The first-order valence-electron chi connectivity index (χ1n) is 7.78. The fourth-order valence-corrected chi connectivity index (χ4v) is 3.08. The van der Waals surface area contributed by atoms with Gasteiger partial charge in [0.1, 0.15) is 5.82 Å². The number of fused-ring (bicyclic) bond motifs is 1. The summed E-state index contributed by atoms with van der Waals surface area (Å²) in [4.78, 5) is 9.29. The minimum atomic E-state index is 0.532. The average molecular weight is 349 g/mol. The number of aromatic nitrogens is 4. The van der Waals surface area contributed by atoms with Crippen LogP contribution < -0.4 is 5.32 Å². The number of anilines is 2. The van der Waals surface area contributed by atoms with Gasteiger partial charge in [-0.3, -0.25) is 0 Å². The van der Waals surface area contributed by atoms with Gasteiger partial charge in [0, 0.05) is 18.0 Å². The summed E-state index contributed by atoms with van der Waals surface area (Å²) in [6.07, 6.45) is 0. The fraction of sp³-hybridized carbons (Fsp3) is 0.111. The summed E-state index contributed by atoms with van der Waals surface area (Å²) < 4.78 is 5.40. The molecule has 0 saturated heterocycles. The molecule has 124 valence electrons. The Bertz CT molecular complexity index is 1000. The van der Waals surface area contributed by atoms with E-state index in [1.807, 2.05) is 54.6 Å². The van der Waals surface area contributed by atoms with E-state index >= 15 is 0 Å². The molecule has 25 heavy (non-hydrogen) atoms. The zero-order valence-corrected chi connectivity index (χ0v) is 14.3. The number of para-hydroxylation sites is 2. The molecule has 0 fully saturated rings. The summed E-state index contributed by atoms with van der Waals surface area (Å²) in [5, 5.41) is 12.9. The number of nitrogens with one attached hydrogen (secondary N) is 1. The molecule has 2 heterocycles. The van der Waals surface area contributed by atoms with E-state index in [2.05, 4.69) is 25.5 Å². The Morgan fingerprint density at radius 3 is 2.56 bits per heavy atom. The highest BCUT2D eigenvalue weighted by atomic mass is 32.2. The van der Waals surface area contributed by atoms with Crippen LogP contribution in [0.2, 0.25) is 0 Å². The van der Waals surface area contributed by atoms with Gasteiger partial charge >= 0.3 is 0 Å². The monoisotopic (exact) mass is 349 g/mol. The molecule has 6 nitrogen and oxygen atoms in total. The molecule has 2 aromatic carbocycles. The van der Waals surface area contributed by atoms with Gasteiger partial charge in [0.25, 0.3) is 0 Å². The quantitative estimate of drug-likeness (QED) is 0.424. The van der Waals surface area contributed by atoms with Gasteiger partial charge in [-0.25, -0.2) is 9.97 Å². The van der Waals surface area contributed by atoms with E-state index in [1.54, 1.807) is 6.92 Å². The topological polar surface area (TPSA) is 76.7 Å². The van der Waals surface area contributed by atoms with Crippen molar-refractivity contribution in [3.05, 3.63) is 66.4 Å². The SMILES string of the molecule is Cc1nnc(CSc2nc(Nc3ccccc3)c3ccccc3n2)o1. The van der Waals surface area contributed by atoms with Gasteiger partial charge in [-0.2, -0.15) is 0 Å². The van der Waals surface area contributed by atoms with Crippen LogP contribution in [-0.4, -0.2) is 20.2 Å². The minimum Gasteiger partial charge on any atom is -0.425 e. The molecule has 0 radical (unpaired) electrons. The third kappa shape index (κ3) is 3.61. The number of hydrogen-bond acceptors (Lipinski definition) is 7. The second-order valence-electron chi connectivity index (χ2n) is 5.37. The second kappa shape index (κ2) is 6.90. The molecule has 7 heteroatoms. The predicted octanol–water partition coefficient (Wildman–Crippen LogP) is 4.36. The van der Waals surface area contributed by atoms with Crippen LogP contribution in [0.4, 0.5) is 11.5 Å². The smallest absolute Gasteiger partial charge is 0.226 e. The van der Waals surface area contributed by atoms with Crippen molar-refractivity contribution in [1.82, 2.24) is 20.2 Å². The molecule has 0 aliphatic carbocycles. The van der Waals surface area contributed by atoms with Crippen molar-refractivity contribution in [2.75, 3.05) is 5.32 Å². The van der Waals surface area contributed by atoms with Crippen LogP contribution in [0.3, 0.4) is 0 Å². The molecule has 0 amide bonds. The largest absolute Gasteiger partial charge is 0.425 e. The lowest BCUT2D eigenvalue weighted by molar-refractivity contribution is 0.485. The van der Waals surface area contributed by atoms with Crippen molar-refractivity contribution in [2.45, 2.75) is 17.8 Å². The van der Waals surface area contributed by atoms with Gasteiger partial charge in [0.05, 0.1) is 11.3 Å². The lowest BCUT2D eigenvalue weighted by Gasteiger charge is -2.10. The highest BCUT2D eigenvalue weighted by Gasteiger charge is 2.10. The number of benzene rings is 2. The third-order valence-corrected chi connectivity index (χ3v) is 4.34. The van der Waals surface area contributed by atoms with Crippen molar-refractivity contribution >= 4 is 34.2 Å². The van der Waals surface area contributed by atoms with Crippen molar-refractivity contribution in [1.29, 1.82) is 0 Å². The first-order valence-corrected chi connectivity index (χ1v) is 8.77. The minimum absolute atomic E-state index is 0.532. The van der Waals surface area contributed by atoms with Gasteiger partial charge in [0.15, 0.2) is 5.16 Å². The van der Waals surface area contributed by atoms with E-state index < -0.39 is 0 Å². The Hall–Kier alpha value is -2.93. The lowest BCUT2D eigenvalue weighted by atomic mass is 10.2. The van der Waals surface area contributed by atoms with Crippen LogP contribution >= 0.6 is 11.8 Å². The summed E-state index contributed by atoms with van der Waals surface area (Å²) in [7, 11) is 0. The fourth-order valence-electron chi connectivity index (χ4n) is 2.40. The molecule has 0 bridgehead atoms. The van der Waals surface area contributed by atoms with Crippen LogP contribution in [0.1, 0.15) is 11.8 Å². The van der Waals surface area contributed by atoms with Crippen LogP contribution in [0.15, 0.2) is 64.2 Å². The standard InChI is InChI=1S/C18H15N5OS/c1-12-22-23-16(24-12)11-25-18-20-15-10-6-5-9-14(15)17(21-18)19-13-7-3-2-4-8-13/h2-10H,11H2,1H3,(H,19,20,21).